The van der Waals surface area contributed by atoms with E-state index in [0.717, 1.165) is 6.42 Å². The van der Waals surface area contributed by atoms with E-state index in [2.05, 4.69) is 81.1 Å². The first-order valence-corrected chi connectivity index (χ1v) is 13.9. The molecule has 0 aromatic heterocycles. The minimum atomic E-state index is -2.18. The van der Waals surface area contributed by atoms with Gasteiger partial charge in [0.1, 0.15) is 0 Å². The summed E-state index contributed by atoms with van der Waals surface area (Å²) in [6, 6.07) is 21.8. The summed E-state index contributed by atoms with van der Waals surface area (Å²) in [7, 11) is -2.18. The van der Waals surface area contributed by atoms with Crippen LogP contribution in [0.25, 0.3) is 0 Å². The topological polar surface area (TPSA) is 9.23 Å². The quantitative estimate of drug-likeness (QED) is 0.255. The Hall–Kier alpha value is -1.38. The standard InChI is InChI=1S/C26H40OSi/c1-4-6-7-8-9-10-11-14-19-24(5-2)27-28(3,25-20-15-12-16-21-25)26-22-17-13-18-23-26/h12-13,15-18,20-24H,4-11,14,19H2,1-3H3. The fourth-order valence-corrected chi connectivity index (χ4v) is 7.21. The molecule has 0 saturated carbocycles. The summed E-state index contributed by atoms with van der Waals surface area (Å²) in [5.41, 5.74) is 0. The van der Waals surface area contributed by atoms with Gasteiger partial charge in [0.15, 0.2) is 0 Å². The monoisotopic (exact) mass is 396 g/mol. The lowest BCUT2D eigenvalue weighted by Gasteiger charge is -2.33. The molecule has 2 heteroatoms. The first-order valence-electron chi connectivity index (χ1n) is 11.5. The van der Waals surface area contributed by atoms with Crippen molar-refractivity contribution in [1.82, 2.24) is 0 Å². The molecule has 1 atom stereocenters. The second-order valence-corrected chi connectivity index (χ2v) is 11.6. The van der Waals surface area contributed by atoms with Crippen LogP contribution in [-0.4, -0.2) is 14.4 Å². The summed E-state index contributed by atoms with van der Waals surface area (Å²) in [6.07, 6.45) is 13.6. The molecule has 1 unspecified atom stereocenters. The lowest BCUT2D eigenvalue weighted by atomic mass is 10.0. The van der Waals surface area contributed by atoms with E-state index in [1.165, 1.54) is 68.2 Å². The molecule has 0 bridgehead atoms. The van der Waals surface area contributed by atoms with Gasteiger partial charge in [-0.25, -0.2) is 0 Å². The van der Waals surface area contributed by atoms with Gasteiger partial charge in [-0.15, -0.1) is 0 Å². The van der Waals surface area contributed by atoms with Gasteiger partial charge in [0.05, 0.1) is 0 Å². The number of unbranched alkanes of at least 4 members (excludes halogenated alkanes) is 7. The average Bonchev–Trinajstić information content (AvgIpc) is 2.76. The number of rotatable bonds is 14. The predicted octanol–water partition coefficient (Wildman–Crippen LogP) is 6.70. The molecule has 154 valence electrons. The van der Waals surface area contributed by atoms with Gasteiger partial charge in [0.25, 0.3) is 8.32 Å². The molecule has 0 radical (unpaired) electrons. The Labute approximate surface area is 174 Å². The van der Waals surface area contributed by atoms with Crippen LogP contribution in [0.15, 0.2) is 60.7 Å². The van der Waals surface area contributed by atoms with Crippen LogP contribution in [0.3, 0.4) is 0 Å². The summed E-state index contributed by atoms with van der Waals surface area (Å²) < 4.78 is 6.96. The van der Waals surface area contributed by atoms with Crippen LogP contribution < -0.4 is 10.4 Å². The highest BCUT2D eigenvalue weighted by atomic mass is 28.4. The Morgan fingerprint density at radius 2 is 1.14 bits per heavy atom. The van der Waals surface area contributed by atoms with E-state index in [4.69, 9.17) is 4.43 Å². The lowest BCUT2D eigenvalue weighted by Crippen LogP contribution is -2.59. The maximum Gasteiger partial charge on any atom is 0.253 e. The van der Waals surface area contributed by atoms with Crippen LogP contribution in [-0.2, 0) is 4.43 Å². The molecule has 0 saturated heterocycles. The Morgan fingerprint density at radius 1 is 0.679 bits per heavy atom. The van der Waals surface area contributed by atoms with Crippen LogP contribution in [0.2, 0.25) is 6.55 Å². The van der Waals surface area contributed by atoms with Crippen molar-refractivity contribution in [3.63, 3.8) is 0 Å². The molecule has 0 heterocycles. The molecular formula is C26H40OSi. The van der Waals surface area contributed by atoms with E-state index in [1.807, 2.05) is 0 Å². The van der Waals surface area contributed by atoms with Crippen molar-refractivity contribution in [2.24, 2.45) is 0 Å². The minimum absolute atomic E-state index is 0.358. The molecule has 28 heavy (non-hydrogen) atoms. The summed E-state index contributed by atoms with van der Waals surface area (Å²) in [4.78, 5) is 0. The van der Waals surface area contributed by atoms with Crippen molar-refractivity contribution in [3.8, 4) is 0 Å². The van der Waals surface area contributed by atoms with Crippen molar-refractivity contribution in [3.05, 3.63) is 60.7 Å². The zero-order chi connectivity index (χ0) is 20.1. The molecule has 1 nitrogen and oxygen atoms in total. The largest absolute Gasteiger partial charge is 0.405 e. The summed E-state index contributed by atoms with van der Waals surface area (Å²) in [5, 5.41) is 2.74. The molecule has 0 aliphatic carbocycles. The SMILES string of the molecule is CCCCCCCCCCC(CC)O[Si](C)(c1ccccc1)c1ccccc1. The van der Waals surface area contributed by atoms with Crippen LogP contribution in [0.4, 0.5) is 0 Å². The summed E-state index contributed by atoms with van der Waals surface area (Å²) in [5.74, 6) is 0. The third-order valence-corrected chi connectivity index (χ3v) is 9.56. The average molecular weight is 397 g/mol. The zero-order valence-corrected chi connectivity index (χ0v) is 19.3. The highest BCUT2D eigenvalue weighted by Gasteiger charge is 2.36. The predicted molar refractivity (Wildman–Crippen MR) is 126 cm³/mol. The van der Waals surface area contributed by atoms with Gasteiger partial charge in [-0.05, 0) is 29.8 Å². The Kier molecular flexibility index (Phi) is 10.6. The molecule has 0 N–H and O–H groups in total. The molecule has 2 aromatic carbocycles. The van der Waals surface area contributed by atoms with E-state index in [0.29, 0.717) is 6.10 Å². The molecule has 0 fully saturated rings. The molecule has 0 amide bonds. The first-order chi connectivity index (χ1) is 13.7. The maximum absolute atomic E-state index is 6.96. The number of hydrogen-bond acceptors (Lipinski definition) is 1. The molecule has 0 aliphatic heterocycles. The van der Waals surface area contributed by atoms with Crippen molar-refractivity contribution in [2.45, 2.75) is 90.7 Å². The van der Waals surface area contributed by atoms with Gasteiger partial charge in [-0.3, -0.25) is 0 Å². The van der Waals surface area contributed by atoms with Gasteiger partial charge < -0.3 is 4.43 Å². The second-order valence-electron chi connectivity index (χ2n) is 8.18. The highest BCUT2D eigenvalue weighted by Crippen LogP contribution is 2.18. The van der Waals surface area contributed by atoms with E-state index in [-0.39, 0.29) is 0 Å². The highest BCUT2D eigenvalue weighted by molar-refractivity contribution is 6.96. The van der Waals surface area contributed by atoms with E-state index >= 15 is 0 Å². The Morgan fingerprint density at radius 3 is 1.61 bits per heavy atom. The zero-order valence-electron chi connectivity index (χ0n) is 18.3. The van der Waals surface area contributed by atoms with Gasteiger partial charge >= 0.3 is 0 Å². The normalized spacial score (nSPS) is 12.8. The van der Waals surface area contributed by atoms with Crippen LogP contribution in [0.1, 0.15) is 78.1 Å². The molecule has 0 aliphatic rings. The number of benzene rings is 2. The van der Waals surface area contributed by atoms with Crippen molar-refractivity contribution in [1.29, 1.82) is 0 Å². The van der Waals surface area contributed by atoms with Crippen LogP contribution >= 0.6 is 0 Å². The van der Waals surface area contributed by atoms with Gasteiger partial charge in [0.2, 0.25) is 0 Å². The first kappa shape index (κ1) is 22.9. The fraction of sp³-hybridized carbons (Fsp3) is 0.538. The molecule has 0 spiro atoms. The van der Waals surface area contributed by atoms with Gasteiger partial charge in [-0.2, -0.15) is 0 Å². The van der Waals surface area contributed by atoms with Gasteiger partial charge in [0, 0.05) is 6.10 Å². The molecule has 2 aromatic rings. The van der Waals surface area contributed by atoms with E-state index < -0.39 is 8.32 Å². The summed E-state index contributed by atoms with van der Waals surface area (Å²) >= 11 is 0. The third kappa shape index (κ3) is 7.22. The smallest absolute Gasteiger partial charge is 0.253 e. The third-order valence-electron chi connectivity index (χ3n) is 5.89. The van der Waals surface area contributed by atoms with E-state index in [1.54, 1.807) is 0 Å². The van der Waals surface area contributed by atoms with Crippen molar-refractivity contribution in [2.75, 3.05) is 0 Å². The molecule has 2 rings (SSSR count). The molecular weight excluding hydrogens is 356 g/mol. The number of hydrogen-bond donors (Lipinski definition) is 0. The van der Waals surface area contributed by atoms with Gasteiger partial charge in [-0.1, -0.05) is 126 Å². The van der Waals surface area contributed by atoms with Crippen LogP contribution in [0, 0.1) is 0 Å². The van der Waals surface area contributed by atoms with Crippen molar-refractivity contribution < 1.29 is 4.43 Å². The minimum Gasteiger partial charge on any atom is -0.405 e. The second kappa shape index (κ2) is 13.0. The van der Waals surface area contributed by atoms with Crippen LogP contribution in [0.5, 0.6) is 0 Å². The lowest BCUT2D eigenvalue weighted by molar-refractivity contribution is 0.180. The fourth-order valence-electron chi connectivity index (χ4n) is 4.00. The van der Waals surface area contributed by atoms with Crippen molar-refractivity contribution >= 4 is 18.7 Å². The summed E-state index contributed by atoms with van der Waals surface area (Å²) in [6.45, 7) is 6.93. The maximum atomic E-state index is 6.96. The Balaban J connectivity index is 1.93. The van der Waals surface area contributed by atoms with E-state index in [9.17, 15) is 0 Å². The Bertz CT molecular complexity index is 586.